The fourth-order valence-electron chi connectivity index (χ4n) is 4.68. The van der Waals surface area contributed by atoms with Crippen molar-refractivity contribution in [2.45, 2.75) is 64.1 Å². The Hall–Kier alpha value is -4.72. The van der Waals surface area contributed by atoms with E-state index >= 15 is 0 Å². The lowest BCUT2D eigenvalue weighted by atomic mass is 10.1. The van der Waals surface area contributed by atoms with Gasteiger partial charge in [0.2, 0.25) is 0 Å². The lowest BCUT2D eigenvalue weighted by Gasteiger charge is -2.30. The number of nitriles is 1. The summed E-state index contributed by atoms with van der Waals surface area (Å²) in [4.78, 5) is 41.5. The molecule has 1 saturated heterocycles. The number of rotatable bonds is 6. The van der Waals surface area contributed by atoms with Crippen molar-refractivity contribution in [2.75, 3.05) is 18.0 Å². The Morgan fingerprint density at radius 1 is 1.07 bits per heavy atom. The van der Waals surface area contributed by atoms with Crippen LogP contribution in [0.4, 0.5) is 21.2 Å². The maximum atomic E-state index is 13.5. The summed E-state index contributed by atoms with van der Waals surface area (Å²) in [7, 11) is 0. The quantitative estimate of drug-likeness (QED) is 0.432. The van der Waals surface area contributed by atoms with E-state index in [0.29, 0.717) is 54.7 Å². The third-order valence-corrected chi connectivity index (χ3v) is 6.86. The second-order valence-corrected chi connectivity index (χ2v) is 11.3. The summed E-state index contributed by atoms with van der Waals surface area (Å²) in [6, 6.07) is 10.6. The lowest BCUT2D eigenvalue weighted by molar-refractivity contribution is 0.0597. The van der Waals surface area contributed by atoms with Crippen LogP contribution in [0.1, 0.15) is 63.5 Å². The number of carbonyl (C=O) groups excluding carboxylic acids is 2. The Morgan fingerprint density at radius 3 is 2.49 bits per heavy atom. The standard InChI is InChI=1S/C30H33N7O4/c1-30(2,3)41-29(39)37(26-12-19(16-31)6-9-34-26)27-15-21(20-4-5-20)14-25(35-27)22-13-24(18-33-17-22)40-23-7-10-36(11-8-23)28(32)38/h6,9,12-15,17-18,20,23H,4-5,7-8,10-11H2,1-3H3,(H2,32,38). The number of pyridine rings is 3. The van der Waals surface area contributed by atoms with Crippen LogP contribution >= 0.6 is 0 Å². The molecule has 11 nitrogen and oxygen atoms in total. The van der Waals surface area contributed by atoms with Gasteiger partial charge in [-0.15, -0.1) is 0 Å². The molecule has 0 bridgehead atoms. The van der Waals surface area contributed by atoms with Gasteiger partial charge in [0.25, 0.3) is 0 Å². The molecule has 3 amide bonds. The zero-order chi connectivity index (χ0) is 29.1. The molecule has 4 heterocycles. The number of urea groups is 1. The molecule has 0 atom stereocenters. The fraction of sp³-hybridized carbons (Fsp3) is 0.400. The van der Waals surface area contributed by atoms with Crippen molar-refractivity contribution in [3.8, 4) is 23.1 Å². The van der Waals surface area contributed by atoms with E-state index in [0.717, 1.165) is 24.0 Å². The zero-order valence-corrected chi connectivity index (χ0v) is 23.4. The van der Waals surface area contributed by atoms with Crippen molar-refractivity contribution in [3.05, 3.63) is 60.0 Å². The van der Waals surface area contributed by atoms with Crippen LogP contribution in [0.2, 0.25) is 0 Å². The van der Waals surface area contributed by atoms with Gasteiger partial charge in [0, 0.05) is 43.9 Å². The van der Waals surface area contributed by atoms with Crippen LogP contribution in [0.5, 0.6) is 5.75 Å². The van der Waals surface area contributed by atoms with Crippen molar-refractivity contribution < 1.29 is 19.1 Å². The van der Waals surface area contributed by atoms with Crippen molar-refractivity contribution >= 4 is 23.8 Å². The van der Waals surface area contributed by atoms with E-state index in [2.05, 4.69) is 16.0 Å². The van der Waals surface area contributed by atoms with Crippen LogP contribution in [-0.2, 0) is 4.74 Å². The van der Waals surface area contributed by atoms with Gasteiger partial charge in [-0.05, 0) is 75.4 Å². The van der Waals surface area contributed by atoms with E-state index in [9.17, 15) is 14.9 Å². The van der Waals surface area contributed by atoms with E-state index in [1.807, 2.05) is 18.2 Å². The topological polar surface area (TPSA) is 148 Å². The van der Waals surface area contributed by atoms with Gasteiger partial charge >= 0.3 is 12.1 Å². The van der Waals surface area contributed by atoms with Crippen LogP contribution in [0.3, 0.4) is 0 Å². The van der Waals surface area contributed by atoms with Gasteiger partial charge in [-0.3, -0.25) is 4.98 Å². The third-order valence-electron chi connectivity index (χ3n) is 6.86. The summed E-state index contributed by atoms with van der Waals surface area (Å²) in [5, 5.41) is 9.47. The molecule has 3 aromatic heterocycles. The van der Waals surface area contributed by atoms with Crippen molar-refractivity contribution in [2.24, 2.45) is 5.73 Å². The molecule has 1 aliphatic heterocycles. The van der Waals surface area contributed by atoms with Gasteiger partial charge in [-0.1, -0.05) is 0 Å². The average molecular weight is 556 g/mol. The normalized spacial score (nSPS) is 15.6. The number of anilines is 2. The maximum absolute atomic E-state index is 13.5. The van der Waals surface area contributed by atoms with Crippen LogP contribution in [0, 0.1) is 11.3 Å². The Bertz CT molecular complexity index is 1480. The average Bonchev–Trinajstić information content (AvgIpc) is 3.79. The number of aromatic nitrogens is 3. The predicted octanol–water partition coefficient (Wildman–Crippen LogP) is 5.28. The highest BCUT2D eigenvalue weighted by atomic mass is 16.6. The first-order valence-electron chi connectivity index (χ1n) is 13.7. The van der Waals surface area contributed by atoms with Gasteiger partial charge < -0.3 is 20.1 Å². The van der Waals surface area contributed by atoms with Crippen LogP contribution in [-0.4, -0.2) is 56.8 Å². The third kappa shape index (κ3) is 6.90. The molecule has 0 radical (unpaired) electrons. The number of piperidine rings is 1. The Balaban J connectivity index is 1.49. The highest BCUT2D eigenvalue weighted by Crippen LogP contribution is 2.43. The van der Waals surface area contributed by atoms with Gasteiger partial charge in [0.1, 0.15) is 29.1 Å². The summed E-state index contributed by atoms with van der Waals surface area (Å²) in [5.74, 6) is 1.53. The highest BCUT2D eigenvalue weighted by Gasteiger charge is 2.31. The van der Waals surface area contributed by atoms with Crippen LogP contribution in [0.25, 0.3) is 11.3 Å². The molecule has 41 heavy (non-hydrogen) atoms. The SMILES string of the molecule is CC(C)(C)OC(=O)N(c1cc(C#N)ccn1)c1cc(C2CC2)cc(-c2cncc(OC3CCN(C(N)=O)CC3)c2)n1. The van der Waals surface area contributed by atoms with Crippen molar-refractivity contribution in [1.29, 1.82) is 5.26 Å². The van der Waals surface area contributed by atoms with E-state index in [1.54, 1.807) is 44.1 Å². The first-order valence-corrected chi connectivity index (χ1v) is 13.7. The minimum Gasteiger partial charge on any atom is -0.489 e. The Morgan fingerprint density at radius 2 is 1.83 bits per heavy atom. The number of nitrogens with zero attached hydrogens (tertiary/aromatic N) is 6. The van der Waals surface area contributed by atoms with Gasteiger partial charge in [-0.2, -0.15) is 5.26 Å². The number of carbonyl (C=O) groups is 2. The number of hydrogen-bond acceptors (Lipinski definition) is 8. The molecule has 2 aliphatic rings. The molecular formula is C30H33N7O4. The summed E-state index contributed by atoms with van der Waals surface area (Å²) in [6.07, 6.45) is 7.56. The summed E-state index contributed by atoms with van der Waals surface area (Å²) in [6.45, 7) is 6.45. The van der Waals surface area contributed by atoms with Gasteiger partial charge in [0.15, 0.2) is 0 Å². The number of primary amides is 1. The molecule has 0 aromatic carbocycles. The van der Waals surface area contributed by atoms with E-state index in [-0.39, 0.29) is 11.9 Å². The second-order valence-electron chi connectivity index (χ2n) is 11.3. The largest absolute Gasteiger partial charge is 0.489 e. The number of ether oxygens (including phenoxy) is 2. The number of amides is 3. The smallest absolute Gasteiger partial charge is 0.421 e. The fourth-order valence-corrected chi connectivity index (χ4v) is 4.68. The van der Waals surface area contributed by atoms with Crippen molar-refractivity contribution in [3.63, 3.8) is 0 Å². The molecule has 2 N–H and O–H groups in total. The Labute approximate surface area is 238 Å². The highest BCUT2D eigenvalue weighted by molar-refractivity contribution is 5.94. The van der Waals surface area contributed by atoms with E-state index in [4.69, 9.17) is 20.2 Å². The predicted molar refractivity (Wildman–Crippen MR) is 152 cm³/mol. The van der Waals surface area contributed by atoms with Crippen molar-refractivity contribution in [1.82, 2.24) is 19.9 Å². The summed E-state index contributed by atoms with van der Waals surface area (Å²) >= 11 is 0. The van der Waals surface area contributed by atoms with Crippen LogP contribution < -0.4 is 15.4 Å². The van der Waals surface area contributed by atoms with Gasteiger partial charge in [-0.25, -0.2) is 24.5 Å². The molecule has 1 saturated carbocycles. The summed E-state index contributed by atoms with van der Waals surface area (Å²) < 4.78 is 11.9. The Kier molecular flexibility index (Phi) is 7.75. The first kappa shape index (κ1) is 27.8. The molecule has 5 rings (SSSR count). The molecule has 0 spiro atoms. The molecule has 212 valence electrons. The number of likely N-dealkylation sites (tertiary alicyclic amines) is 1. The monoisotopic (exact) mass is 555 g/mol. The maximum Gasteiger partial charge on any atom is 0.421 e. The first-order chi connectivity index (χ1) is 19.6. The molecule has 11 heteroatoms. The number of nitrogens with two attached hydrogens (primary N) is 1. The van der Waals surface area contributed by atoms with E-state index in [1.165, 1.54) is 17.2 Å². The summed E-state index contributed by atoms with van der Waals surface area (Å²) in [5.41, 5.74) is 7.39. The number of hydrogen-bond donors (Lipinski definition) is 1. The van der Waals surface area contributed by atoms with Crippen LogP contribution in [0.15, 0.2) is 48.9 Å². The molecule has 1 aliphatic carbocycles. The molecule has 0 unspecified atom stereocenters. The molecular weight excluding hydrogens is 522 g/mol. The van der Waals surface area contributed by atoms with E-state index < -0.39 is 17.7 Å². The lowest BCUT2D eigenvalue weighted by Crippen LogP contribution is -2.44. The second kappa shape index (κ2) is 11.4. The minimum absolute atomic E-state index is 0.0647. The zero-order valence-electron chi connectivity index (χ0n) is 23.4. The molecule has 2 fully saturated rings. The molecule has 3 aromatic rings. The minimum atomic E-state index is -0.762. The van der Waals surface area contributed by atoms with Gasteiger partial charge in [0.05, 0.1) is 23.5 Å².